The summed E-state index contributed by atoms with van der Waals surface area (Å²) in [6.45, 7) is 0. The number of carbonyl (C=O) groups excluding carboxylic acids is 1. The summed E-state index contributed by atoms with van der Waals surface area (Å²) in [7, 11) is -1.13. The van der Waals surface area contributed by atoms with Crippen molar-refractivity contribution in [1.82, 2.24) is 4.31 Å². The van der Waals surface area contributed by atoms with E-state index in [0.29, 0.717) is 5.75 Å². The number of allylic oxidation sites excluding steroid dienone is 1. The van der Waals surface area contributed by atoms with Crippen LogP contribution in [0, 0.1) is 0 Å². The van der Waals surface area contributed by atoms with Gasteiger partial charge in [-0.15, -0.1) is 0 Å². The van der Waals surface area contributed by atoms with Crippen molar-refractivity contribution in [3.63, 3.8) is 0 Å². The predicted molar refractivity (Wildman–Crippen MR) is 114 cm³/mol. The second-order valence-electron chi connectivity index (χ2n) is 6.78. The van der Waals surface area contributed by atoms with Gasteiger partial charge in [0.25, 0.3) is 10.0 Å². The van der Waals surface area contributed by atoms with Crippen molar-refractivity contribution in [2.45, 2.75) is 4.90 Å². The zero-order valence-electron chi connectivity index (χ0n) is 16.4. The lowest BCUT2D eigenvalue weighted by atomic mass is 9.98. The third-order valence-corrected chi connectivity index (χ3v) is 6.89. The molecule has 7 heteroatoms. The zero-order chi connectivity index (χ0) is 21.5. The van der Waals surface area contributed by atoms with Crippen LogP contribution in [0.25, 0.3) is 16.9 Å². The molecule has 3 aromatic carbocycles. The molecule has 3 aromatic rings. The van der Waals surface area contributed by atoms with Crippen LogP contribution in [-0.4, -0.2) is 37.8 Å². The van der Waals surface area contributed by atoms with Crippen molar-refractivity contribution in [3.05, 3.63) is 89.6 Å². The molecule has 0 aromatic heterocycles. The maximum atomic E-state index is 13.3. The van der Waals surface area contributed by atoms with Gasteiger partial charge in [0.1, 0.15) is 11.4 Å². The summed E-state index contributed by atoms with van der Waals surface area (Å²) >= 11 is 0. The Hall–Kier alpha value is -3.58. The van der Waals surface area contributed by atoms with Crippen LogP contribution in [0.2, 0.25) is 0 Å². The molecule has 6 nitrogen and oxygen atoms in total. The number of ether oxygens (including phenoxy) is 1. The number of nitrogens with zero attached hydrogens (tertiary/aromatic N) is 1. The molecule has 30 heavy (non-hydrogen) atoms. The number of para-hydroxylation sites is 1. The van der Waals surface area contributed by atoms with E-state index in [2.05, 4.69) is 0 Å². The lowest BCUT2D eigenvalue weighted by molar-refractivity contribution is 0.101. The van der Waals surface area contributed by atoms with Gasteiger partial charge < -0.3 is 9.84 Å². The Balaban J connectivity index is 1.84. The summed E-state index contributed by atoms with van der Waals surface area (Å²) in [5.74, 6) is -0.309. The lowest BCUT2D eigenvalue weighted by Gasteiger charge is -2.28. The summed E-state index contributed by atoms with van der Waals surface area (Å²) in [6.07, 6.45) is 0. The number of sulfonamides is 1. The van der Waals surface area contributed by atoms with E-state index in [1.807, 2.05) is 30.3 Å². The Morgan fingerprint density at radius 1 is 0.933 bits per heavy atom. The predicted octanol–water partition coefficient (Wildman–Crippen LogP) is 4.11. The number of carbonyl (C=O) groups is 1. The highest BCUT2D eigenvalue weighted by Gasteiger charge is 2.37. The van der Waals surface area contributed by atoms with E-state index in [9.17, 15) is 18.3 Å². The highest BCUT2D eigenvalue weighted by molar-refractivity contribution is 7.89. The second-order valence-corrected chi connectivity index (χ2v) is 8.71. The number of hydrogen-bond donors (Lipinski definition) is 1. The van der Waals surface area contributed by atoms with Gasteiger partial charge in [-0.05, 0) is 29.8 Å². The summed E-state index contributed by atoms with van der Waals surface area (Å²) in [5.41, 5.74) is 1.61. The van der Waals surface area contributed by atoms with Crippen LogP contribution in [0.1, 0.15) is 15.9 Å². The molecule has 1 N–H and O–H groups in total. The molecule has 152 valence electrons. The summed E-state index contributed by atoms with van der Waals surface area (Å²) in [6, 6.07) is 20.2. The number of Topliss-reactive ketones (excluding diaryl/α,β-unsaturated/α-hetero) is 1. The number of methoxy groups -OCH3 is 1. The molecule has 0 unspecified atom stereocenters. The standard InChI is InChI=1S/C23H19NO5S/c1-24-21(23(26)18-11-4-6-13-20(18)30(24,27)28)22(25)16-9-7-8-15(14-16)17-10-3-5-12-19(17)29-2/h3-14,26H,1-2H3. The Morgan fingerprint density at radius 3 is 2.33 bits per heavy atom. The summed E-state index contributed by atoms with van der Waals surface area (Å²) < 4.78 is 32.0. The van der Waals surface area contributed by atoms with Gasteiger partial charge in [-0.1, -0.05) is 48.5 Å². The van der Waals surface area contributed by atoms with Gasteiger partial charge >= 0.3 is 0 Å². The number of aliphatic hydroxyl groups excluding tert-OH is 1. The fourth-order valence-corrected chi connectivity index (χ4v) is 4.93. The number of hydrogen-bond acceptors (Lipinski definition) is 5. The van der Waals surface area contributed by atoms with Crippen LogP contribution >= 0.6 is 0 Å². The molecule has 4 rings (SSSR count). The van der Waals surface area contributed by atoms with Gasteiger partial charge in [-0.2, -0.15) is 0 Å². The fraction of sp³-hybridized carbons (Fsp3) is 0.0870. The molecule has 0 amide bonds. The number of fused-ring (bicyclic) bond motifs is 1. The topological polar surface area (TPSA) is 83.9 Å². The first-order valence-corrected chi connectivity index (χ1v) is 10.6. The van der Waals surface area contributed by atoms with Crippen molar-refractivity contribution in [1.29, 1.82) is 0 Å². The number of aliphatic hydroxyl groups is 1. The van der Waals surface area contributed by atoms with E-state index in [-0.39, 0.29) is 27.5 Å². The summed E-state index contributed by atoms with van der Waals surface area (Å²) in [4.78, 5) is 13.3. The maximum Gasteiger partial charge on any atom is 0.265 e. The minimum Gasteiger partial charge on any atom is -0.505 e. The Bertz CT molecular complexity index is 1290. The quantitative estimate of drug-likeness (QED) is 0.641. The minimum absolute atomic E-state index is 0.0377. The average Bonchev–Trinajstić information content (AvgIpc) is 2.78. The first-order valence-electron chi connectivity index (χ1n) is 9.16. The highest BCUT2D eigenvalue weighted by atomic mass is 32.2. The van der Waals surface area contributed by atoms with E-state index >= 15 is 0 Å². The van der Waals surface area contributed by atoms with E-state index in [1.165, 1.54) is 19.2 Å². The molecular formula is C23H19NO5S. The molecular weight excluding hydrogens is 402 g/mol. The first-order chi connectivity index (χ1) is 14.4. The lowest BCUT2D eigenvalue weighted by Crippen LogP contribution is -2.35. The maximum absolute atomic E-state index is 13.3. The Kier molecular flexibility index (Phi) is 4.83. The van der Waals surface area contributed by atoms with Crippen molar-refractivity contribution < 1.29 is 23.1 Å². The van der Waals surface area contributed by atoms with E-state index in [0.717, 1.165) is 15.4 Å². The SMILES string of the molecule is COc1ccccc1-c1cccc(C(=O)C2=C(O)c3ccccc3S(=O)(=O)N2C)c1. The molecule has 1 heterocycles. The number of ketones is 1. The van der Waals surface area contributed by atoms with E-state index in [1.54, 1.807) is 37.4 Å². The van der Waals surface area contributed by atoms with Gasteiger partial charge in [-0.25, -0.2) is 8.42 Å². The normalized spacial score (nSPS) is 14.9. The third-order valence-electron chi connectivity index (χ3n) is 5.08. The van der Waals surface area contributed by atoms with Gasteiger partial charge in [-0.3, -0.25) is 9.10 Å². The monoisotopic (exact) mass is 421 g/mol. The molecule has 0 atom stereocenters. The molecule has 1 aliphatic heterocycles. The zero-order valence-corrected chi connectivity index (χ0v) is 17.2. The van der Waals surface area contributed by atoms with Crippen LogP contribution in [0.5, 0.6) is 5.75 Å². The number of likely N-dealkylation sites (N-methyl/N-ethyl adjacent to an activating group) is 1. The molecule has 0 aliphatic carbocycles. The van der Waals surface area contributed by atoms with Gasteiger partial charge in [0.05, 0.1) is 12.0 Å². The van der Waals surface area contributed by atoms with Crippen LogP contribution < -0.4 is 4.74 Å². The highest BCUT2D eigenvalue weighted by Crippen LogP contribution is 2.36. The van der Waals surface area contributed by atoms with Gasteiger partial charge in [0.15, 0.2) is 5.76 Å². The van der Waals surface area contributed by atoms with Crippen molar-refractivity contribution >= 4 is 21.6 Å². The number of benzene rings is 3. The van der Waals surface area contributed by atoms with Crippen molar-refractivity contribution in [3.8, 4) is 16.9 Å². The fourth-order valence-electron chi connectivity index (χ4n) is 3.53. The number of rotatable bonds is 4. The molecule has 0 saturated heterocycles. The summed E-state index contributed by atoms with van der Waals surface area (Å²) in [5, 5.41) is 10.8. The Morgan fingerprint density at radius 2 is 1.60 bits per heavy atom. The average molecular weight is 421 g/mol. The second kappa shape index (κ2) is 7.35. The van der Waals surface area contributed by atoms with Crippen molar-refractivity contribution in [2.75, 3.05) is 14.2 Å². The minimum atomic E-state index is -3.95. The van der Waals surface area contributed by atoms with Crippen LogP contribution in [0.4, 0.5) is 0 Å². The first kappa shape index (κ1) is 19.7. The van der Waals surface area contributed by atoms with Crippen LogP contribution in [-0.2, 0) is 10.0 Å². The van der Waals surface area contributed by atoms with E-state index < -0.39 is 15.8 Å². The molecule has 0 bridgehead atoms. The van der Waals surface area contributed by atoms with Crippen LogP contribution in [0.3, 0.4) is 0 Å². The third kappa shape index (κ3) is 3.04. The van der Waals surface area contributed by atoms with Crippen LogP contribution in [0.15, 0.2) is 83.4 Å². The van der Waals surface area contributed by atoms with Gasteiger partial charge in [0.2, 0.25) is 5.78 Å². The Labute approximate surface area is 174 Å². The van der Waals surface area contributed by atoms with Gasteiger partial charge in [0, 0.05) is 23.7 Å². The largest absolute Gasteiger partial charge is 0.505 e. The molecule has 0 spiro atoms. The molecule has 0 radical (unpaired) electrons. The molecule has 0 saturated carbocycles. The van der Waals surface area contributed by atoms with E-state index in [4.69, 9.17) is 4.74 Å². The molecule has 0 fully saturated rings. The molecule has 1 aliphatic rings. The smallest absolute Gasteiger partial charge is 0.265 e. The van der Waals surface area contributed by atoms with Crippen molar-refractivity contribution in [2.24, 2.45) is 0 Å².